The van der Waals surface area contributed by atoms with E-state index in [1.54, 1.807) is 11.2 Å². The van der Waals surface area contributed by atoms with Crippen LogP contribution in [-0.2, 0) is 4.74 Å². The standard InChI is InChI=1S/C23H27ClN2O2.C2H6/c1-4-16-28-23(27)14-15-25-26(3)22(20-10-12-21(24)13-11-20)17-18(2)19-8-6-5-7-9-19;1-2/h5-13,15,17,23,27H,2,4,14,16H2,1,3H3;1-2H3/b22-17-,25-15-;. The Balaban J connectivity index is 0.00000218. The number of halogens is 1. The third kappa shape index (κ3) is 8.95. The van der Waals surface area contributed by atoms with Crippen molar-refractivity contribution in [2.24, 2.45) is 5.10 Å². The average Bonchev–Trinajstić information content (AvgIpc) is 2.78. The van der Waals surface area contributed by atoms with Gasteiger partial charge in [-0.25, -0.2) is 0 Å². The van der Waals surface area contributed by atoms with Gasteiger partial charge in [0.1, 0.15) is 0 Å². The van der Waals surface area contributed by atoms with Crippen molar-refractivity contribution in [3.63, 3.8) is 0 Å². The van der Waals surface area contributed by atoms with Gasteiger partial charge >= 0.3 is 0 Å². The van der Waals surface area contributed by atoms with Gasteiger partial charge < -0.3 is 9.84 Å². The maximum absolute atomic E-state index is 9.80. The quantitative estimate of drug-likeness (QED) is 0.204. The molecule has 0 fully saturated rings. The molecule has 0 amide bonds. The molecule has 0 aliphatic carbocycles. The number of ether oxygens (including phenoxy) is 1. The fourth-order valence-corrected chi connectivity index (χ4v) is 2.65. The van der Waals surface area contributed by atoms with Gasteiger partial charge in [-0.3, -0.25) is 5.01 Å². The maximum atomic E-state index is 9.80. The van der Waals surface area contributed by atoms with E-state index in [1.165, 1.54) is 0 Å². The molecule has 0 heterocycles. The lowest BCUT2D eigenvalue weighted by Gasteiger charge is -2.19. The van der Waals surface area contributed by atoms with Crippen molar-refractivity contribution >= 4 is 29.1 Å². The highest BCUT2D eigenvalue weighted by Crippen LogP contribution is 2.25. The van der Waals surface area contributed by atoms with E-state index in [9.17, 15) is 5.11 Å². The van der Waals surface area contributed by atoms with E-state index in [2.05, 4.69) is 11.7 Å². The van der Waals surface area contributed by atoms with E-state index in [0.29, 0.717) is 18.1 Å². The van der Waals surface area contributed by atoms with E-state index in [4.69, 9.17) is 16.3 Å². The molecular formula is C25H33ClN2O2. The van der Waals surface area contributed by atoms with E-state index in [-0.39, 0.29) is 0 Å². The highest BCUT2D eigenvalue weighted by molar-refractivity contribution is 6.30. The zero-order valence-corrected chi connectivity index (χ0v) is 19.1. The van der Waals surface area contributed by atoms with Crippen LogP contribution in [0.5, 0.6) is 0 Å². The Labute approximate surface area is 186 Å². The molecule has 0 aromatic heterocycles. The van der Waals surface area contributed by atoms with Crippen LogP contribution >= 0.6 is 11.6 Å². The second kappa shape index (κ2) is 14.6. The van der Waals surface area contributed by atoms with Crippen LogP contribution < -0.4 is 0 Å². The first-order valence-electron chi connectivity index (χ1n) is 10.3. The molecule has 2 rings (SSSR count). The largest absolute Gasteiger partial charge is 0.368 e. The highest BCUT2D eigenvalue weighted by atomic mass is 35.5. The van der Waals surface area contributed by atoms with Crippen LogP contribution in [0.1, 0.15) is 44.7 Å². The van der Waals surface area contributed by atoms with Gasteiger partial charge in [0.05, 0.1) is 5.70 Å². The molecule has 0 aliphatic rings. The van der Waals surface area contributed by atoms with Gasteiger partial charge in [-0.1, -0.05) is 81.4 Å². The number of benzene rings is 2. The molecule has 1 atom stereocenters. The molecule has 0 saturated heterocycles. The van der Waals surface area contributed by atoms with Crippen LogP contribution in [0.25, 0.3) is 11.3 Å². The van der Waals surface area contributed by atoms with E-state index >= 15 is 0 Å². The molecule has 162 valence electrons. The molecular weight excluding hydrogens is 396 g/mol. The van der Waals surface area contributed by atoms with Crippen LogP contribution in [0.2, 0.25) is 5.02 Å². The van der Waals surface area contributed by atoms with Crippen molar-refractivity contribution in [2.45, 2.75) is 39.9 Å². The van der Waals surface area contributed by atoms with Crippen molar-refractivity contribution in [3.8, 4) is 0 Å². The van der Waals surface area contributed by atoms with Gasteiger partial charge in [0, 0.05) is 31.3 Å². The number of allylic oxidation sites excluding steroid dienone is 2. The molecule has 1 unspecified atom stereocenters. The number of aliphatic hydroxyl groups excluding tert-OH is 1. The number of hydrazone groups is 1. The summed E-state index contributed by atoms with van der Waals surface area (Å²) < 4.78 is 5.26. The van der Waals surface area contributed by atoms with E-state index < -0.39 is 6.29 Å². The van der Waals surface area contributed by atoms with Gasteiger partial charge in [0.2, 0.25) is 0 Å². The summed E-state index contributed by atoms with van der Waals surface area (Å²) in [6.07, 6.45) is 3.96. The predicted molar refractivity (Wildman–Crippen MR) is 129 cm³/mol. The minimum atomic E-state index is -0.848. The van der Waals surface area contributed by atoms with Gasteiger partial charge in [0.25, 0.3) is 0 Å². The normalized spacial score (nSPS) is 12.3. The first kappa shape index (κ1) is 25.6. The zero-order chi connectivity index (χ0) is 22.4. The summed E-state index contributed by atoms with van der Waals surface area (Å²) in [6.45, 7) is 10.7. The molecule has 30 heavy (non-hydrogen) atoms. The van der Waals surface area contributed by atoms with Gasteiger partial charge in [0.15, 0.2) is 6.29 Å². The molecule has 0 bridgehead atoms. The minimum absolute atomic E-state index is 0.317. The number of hydrogen-bond acceptors (Lipinski definition) is 4. The monoisotopic (exact) mass is 428 g/mol. The van der Waals surface area contributed by atoms with Crippen LogP contribution in [0, 0.1) is 0 Å². The van der Waals surface area contributed by atoms with Crippen molar-refractivity contribution < 1.29 is 9.84 Å². The Morgan fingerprint density at radius 2 is 1.77 bits per heavy atom. The lowest BCUT2D eigenvalue weighted by atomic mass is 10.0. The van der Waals surface area contributed by atoms with Crippen LogP contribution in [0.3, 0.4) is 0 Å². The second-order valence-electron chi connectivity index (χ2n) is 6.31. The summed E-state index contributed by atoms with van der Waals surface area (Å²) in [5, 5.41) is 16.7. The molecule has 2 aromatic carbocycles. The van der Waals surface area contributed by atoms with E-state index in [1.807, 2.05) is 88.5 Å². The average molecular weight is 429 g/mol. The summed E-state index contributed by atoms with van der Waals surface area (Å²) >= 11 is 6.04. The van der Waals surface area contributed by atoms with Gasteiger partial charge in [-0.05, 0) is 41.3 Å². The fourth-order valence-electron chi connectivity index (χ4n) is 2.53. The molecule has 0 saturated carbocycles. The van der Waals surface area contributed by atoms with Crippen molar-refractivity contribution in [2.75, 3.05) is 13.7 Å². The number of rotatable bonds is 10. The maximum Gasteiger partial charge on any atom is 0.159 e. The summed E-state index contributed by atoms with van der Waals surface area (Å²) in [5.74, 6) is 0. The smallest absolute Gasteiger partial charge is 0.159 e. The third-order valence-corrected chi connectivity index (χ3v) is 4.27. The number of nitrogens with zero attached hydrogens (tertiary/aromatic N) is 2. The summed E-state index contributed by atoms with van der Waals surface area (Å²) in [4.78, 5) is 0. The molecule has 1 N–H and O–H groups in total. The molecule has 0 aliphatic heterocycles. The summed E-state index contributed by atoms with van der Waals surface area (Å²) in [6, 6.07) is 17.5. The SMILES string of the molecule is C=C(/C=C(/c1ccc(Cl)cc1)N(C)/N=C\CC(O)OCCC)c1ccccc1.CC. The Bertz CT molecular complexity index is 802. The van der Waals surface area contributed by atoms with Crippen LogP contribution in [0.4, 0.5) is 0 Å². The zero-order valence-electron chi connectivity index (χ0n) is 18.4. The molecule has 4 nitrogen and oxygen atoms in total. The Morgan fingerprint density at radius 3 is 2.37 bits per heavy atom. The predicted octanol–water partition coefficient (Wildman–Crippen LogP) is 6.47. The summed E-state index contributed by atoms with van der Waals surface area (Å²) in [5.41, 5.74) is 3.74. The van der Waals surface area contributed by atoms with Crippen LogP contribution in [-0.4, -0.2) is 36.3 Å². The van der Waals surface area contributed by atoms with Crippen molar-refractivity contribution in [1.82, 2.24) is 5.01 Å². The third-order valence-electron chi connectivity index (χ3n) is 4.02. The van der Waals surface area contributed by atoms with E-state index in [0.717, 1.165) is 28.8 Å². The summed E-state index contributed by atoms with van der Waals surface area (Å²) in [7, 11) is 1.86. The molecule has 0 radical (unpaired) electrons. The fraction of sp³-hybridized carbons (Fsp3) is 0.320. The first-order chi connectivity index (χ1) is 14.5. The van der Waals surface area contributed by atoms with Gasteiger partial charge in [-0.15, -0.1) is 0 Å². The van der Waals surface area contributed by atoms with Crippen molar-refractivity contribution in [1.29, 1.82) is 0 Å². The Morgan fingerprint density at radius 1 is 1.13 bits per heavy atom. The Hall–Kier alpha value is -2.40. The number of hydrogen-bond donors (Lipinski definition) is 1. The Kier molecular flexibility index (Phi) is 12.4. The topological polar surface area (TPSA) is 45.1 Å². The number of aliphatic hydroxyl groups is 1. The molecule has 0 spiro atoms. The molecule has 5 heteroatoms. The minimum Gasteiger partial charge on any atom is -0.368 e. The first-order valence-corrected chi connectivity index (χ1v) is 10.7. The lowest BCUT2D eigenvalue weighted by Crippen LogP contribution is -2.15. The van der Waals surface area contributed by atoms with Gasteiger partial charge in [-0.2, -0.15) is 5.10 Å². The van der Waals surface area contributed by atoms with Crippen molar-refractivity contribution in [3.05, 3.63) is 83.4 Å². The highest BCUT2D eigenvalue weighted by Gasteiger charge is 2.09. The molecule has 2 aromatic rings. The van der Waals surface area contributed by atoms with Crippen LogP contribution in [0.15, 0.2) is 72.4 Å². The second-order valence-corrected chi connectivity index (χ2v) is 6.75. The lowest BCUT2D eigenvalue weighted by molar-refractivity contribution is -0.0921.